The molecule has 2 amide bonds. The van der Waals surface area contributed by atoms with Crippen molar-refractivity contribution in [2.24, 2.45) is 5.92 Å². The molecule has 0 heterocycles. The molecule has 0 radical (unpaired) electrons. The van der Waals surface area contributed by atoms with E-state index >= 15 is 0 Å². The third kappa shape index (κ3) is 5.70. The van der Waals surface area contributed by atoms with E-state index in [0.717, 1.165) is 0 Å². The molecule has 0 rings (SSSR count). The van der Waals surface area contributed by atoms with Gasteiger partial charge in [0.1, 0.15) is 6.61 Å². The molecule has 1 atom stereocenters. The van der Waals surface area contributed by atoms with Crippen LogP contribution < -0.4 is 5.32 Å². The van der Waals surface area contributed by atoms with Gasteiger partial charge in [0.15, 0.2) is 0 Å². The Bertz CT molecular complexity index is 241. The van der Waals surface area contributed by atoms with Gasteiger partial charge >= 0.3 is 0 Å². The Morgan fingerprint density at radius 1 is 1.31 bits per heavy atom. The van der Waals surface area contributed by atoms with E-state index in [-0.39, 0.29) is 30.4 Å². The molecule has 0 aliphatic heterocycles. The second kappa shape index (κ2) is 7.22. The number of rotatable bonds is 6. The molecule has 0 saturated heterocycles. The quantitative estimate of drug-likeness (QED) is 0.711. The normalized spacial score (nSPS) is 12.4. The zero-order valence-corrected chi connectivity index (χ0v) is 10.7. The maximum Gasteiger partial charge on any atom is 0.248 e. The minimum absolute atomic E-state index is 0.0358. The molecular weight excluding hydrogens is 208 g/mol. The summed E-state index contributed by atoms with van der Waals surface area (Å²) < 4.78 is 5.20. The molecule has 94 valence electrons. The van der Waals surface area contributed by atoms with Gasteiger partial charge in [-0.3, -0.25) is 9.59 Å². The summed E-state index contributed by atoms with van der Waals surface area (Å²) in [4.78, 5) is 24.3. The lowest BCUT2D eigenvalue weighted by molar-refractivity contribution is -0.137. The number of hydrogen-bond acceptors (Lipinski definition) is 3. The van der Waals surface area contributed by atoms with Crippen LogP contribution in [-0.2, 0) is 14.3 Å². The van der Waals surface area contributed by atoms with Gasteiger partial charge in [-0.25, -0.2) is 0 Å². The highest BCUT2D eigenvalue weighted by Gasteiger charge is 2.17. The Balaban J connectivity index is 4.00. The van der Waals surface area contributed by atoms with E-state index in [0.29, 0.717) is 6.54 Å². The van der Waals surface area contributed by atoms with Crippen molar-refractivity contribution in [1.82, 2.24) is 10.2 Å². The van der Waals surface area contributed by atoms with Gasteiger partial charge in [0, 0.05) is 20.6 Å². The van der Waals surface area contributed by atoms with Crippen LogP contribution in [0.5, 0.6) is 0 Å². The molecule has 0 spiro atoms. The summed E-state index contributed by atoms with van der Waals surface area (Å²) in [5.41, 5.74) is 0. The number of amides is 2. The fourth-order valence-corrected chi connectivity index (χ4v) is 1.19. The summed E-state index contributed by atoms with van der Waals surface area (Å²) in [6.45, 7) is 6.00. The Kier molecular flexibility index (Phi) is 6.72. The van der Waals surface area contributed by atoms with Crippen molar-refractivity contribution in [3.8, 4) is 0 Å². The fraction of sp³-hybridized carbons (Fsp3) is 0.818. The van der Waals surface area contributed by atoms with Gasteiger partial charge in [0.05, 0.1) is 12.0 Å². The lowest BCUT2D eigenvalue weighted by Crippen LogP contribution is -2.39. The monoisotopic (exact) mass is 230 g/mol. The summed E-state index contributed by atoms with van der Waals surface area (Å²) in [5, 5.41) is 2.55. The lowest BCUT2D eigenvalue weighted by Gasteiger charge is -2.21. The topological polar surface area (TPSA) is 58.6 Å². The summed E-state index contributed by atoms with van der Waals surface area (Å²) >= 11 is 0. The van der Waals surface area contributed by atoms with Crippen molar-refractivity contribution in [3.63, 3.8) is 0 Å². The van der Waals surface area contributed by atoms with E-state index < -0.39 is 0 Å². The fourth-order valence-electron chi connectivity index (χ4n) is 1.19. The molecule has 5 nitrogen and oxygen atoms in total. The SMILES string of the molecule is CNC(=O)C(C)CN(C)C(=O)COC(C)C. The zero-order chi connectivity index (χ0) is 12.7. The number of nitrogens with one attached hydrogen (secondary N) is 1. The molecule has 1 N–H and O–H groups in total. The molecule has 0 aromatic carbocycles. The van der Waals surface area contributed by atoms with Crippen molar-refractivity contribution >= 4 is 11.8 Å². The van der Waals surface area contributed by atoms with E-state index in [2.05, 4.69) is 5.32 Å². The van der Waals surface area contributed by atoms with Crippen LogP contribution >= 0.6 is 0 Å². The molecule has 0 aromatic heterocycles. The standard InChI is InChI=1S/C11H22N2O3/c1-8(2)16-7-10(14)13(5)6-9(3)11(15)12-4/h8-9H,6-7H2,1-5H3,(H,12,15). The summed E-state index contributed by atoms with van der Waals surface area (Å²) in [5.74, 6) is -0.383. The largest absolute Gasteiger partial charge is 0.369 e. The Hall–Kier alpha value is -1.10. The predicted octanol–water partition coefficient (Wildman–Crippen LogP) is 0.252. The number of likely N-dealkylation sites (N-methyl/N-ethyl adjacent to an activating group) is 1. The van der Waals surface area contributed by atoms with Crippen LogP contribution in [0.2, 0.25) is 0 Å². The van der Waals surface area contributed by atoms with Gasteiger partial charge in [0.2, 0.25) is 11.8 Å². The third-order valence-electron chi connectivity index (χ3n) is 2.21. The molecule has 0 aliphatic carbocycles. The maximum atomic E-state index is 11.6. The van der Waals surface area contributed by atoms with Gasteiger partial charge in [-0.15, -0.1) is 0 Å². The van der Waals surface area contributed by atoms with Gasteiger partial charge in [-0.2, -0.15) is 0 Å². The second-order valence-corrected chi connectivity index (χ2v) is 4.15. The van der Waals surface area contributed by atoms with Crippen molar-refractivity contribution < 1.29 is 14.3 Å². The van der Waals surface area contributed by atoms with Gasteiger partial charge in [-0.1, -0.05) is 6.92 Å². The van der Waals surface area contributed by atoms with Crippen LogP contribution in [0, 0.1) is 5.92 Å². The average molecular weight is 230 g/mol. The first-order valence-corrected chi connectivity index (χ1v) is 5.45. The first-order chi connectivity index (χ1) is 7.38. The van der Waals surface area contributed by atoms with Crippen molar-refractivity contribution in [2.45, 2.75) is 26.9 Å². The van der Waals surface area contributed by atoms with E-state index in [9.17, 15) is 9.59 Å². The number of nitrogens with zero attached hydrogens (tertiary/aromatic N) is 1. The van der Waals surface area contributed by atoms with Gasteiger partial charge in [0.25, 0.3) is 0 Å². The minimum atomic E-state index is -0.210. The molecule has 0 fully saturated rings. The highest BCUT2D eigenvalue weighted by molar-refractivity contribution is 5.80. The van der Waals surface area contributed by atoms with Crippen molar-refractivity contribution in [1.29, 1.82) is 0 Å². The third-order valence-corrected chi connectivity index (χ3v) is 2.21. The minimum Gasteiger partial charge on any atom is -0.369 e. The smallest absolute Gasteiger partial charge is 0.248 e. The van der Waals surface area contributed by atoms with Gasteiger partial charge in [-0.05, 0) is 13.8 Å². The molecule has 0 bridgehead atoms. The van der Waals surface area contributed by atoms with E-state index in [1.54, 1.807) is 21.0 Å². The predicted molar refractivity (Wildman–Crippen MR) is 62.0 cm³/mol. The molecule has 0 saturated carbocycles. The highest BCUT2D eigenvalue weighted by Crippen LogP contribution is 1.99. The number of ether oxygens (including phenoxy) is 1. The highest BCUT2D eigenvalue weighted by atomic mass is 16.5. The lowest BCUT2D eigenvalue weighted by atomic mass is 10.1. The summed E-state index contributed by atoms with van der Waals surface area (Å²) in [7, 11) is 3.26. The molecule has 0 aliphatic rings. The Morgan fingerprint density at radius 3 is 2.31 bits per heavy atom. The first-order valence-electron chi connectivity index (χ1n) is 5.45. The summed E-state index contributed by atoms with van der Waals surface area (Å²) in [6.07, 6.45) is 0.0358. The van der Waals surface area contributed by atoms with E-state index in [1.807, 2.05) is 13.8 Å². The molecule has 16 heavy (non-hydrogen) atoms. The molecule has 1 unspecified atom stereocenters. The number of hydrogen-bond donors (Lipinski definition) is 1. The van der Waals surface area contributed by atoms with E-state index in [4.69, 9.17) is 4.74 Å². The average Bonchev–Trinajstić information content (AvgIpc) is 2.24. The van der Waals surface area contributed by atoms with Crippen LogP contribution in [-0.4, -0.2) is 50.1 Å². The van der Waals surface area contributed by atoms with E-state index in [1.165, 1.54) is 4.90 Å². The van der Waals surface area contributed by atoms with Crippen molar-refractivity contribution in [2.75, 3.05) is 27.2 Å². The van der Waals surface area contributed by atoms with Crippen molar-refractivity contribution in [3.05, 3.63) is 0 Å². The Labute approximate surface area is 97.1 Å². The molecular formula is C11H22N2O3. The van der Waals surface area contributed by atoms with Crippen LogP contribution in [0.3, 0.4) is 0 Å². The second-order valence-electron chi connectivity index (χ2n) is 4.15. The molecule has 0 aromatic rings. The van der Waals surface area contributed by atoms with Crippen LogP contribution in [0.25, 0.3) is 0 Å². The summed E-state index contributed by atoms with van der Waals surface area (Å²) in [6, 6.07) is 0. The zero-order valence-electron chi connectivity index (χ0n) is 10.7. The van der Waals surface area contributed by atoms with Crippen LogP contribution in [0.4, 0.5) is 0 Å². The van der Waals surface area contributed by atoms with Crippen LogP contribution in [0.15, 0.2) is 0 Å². The maximum absolute atomic E-state index is 11.6. The number of carbonyl (C=O) groups is 2. The molecule has 5 heteroatoms. The Morgan fingerprint density at radius 2 is 1.88 bits per heavy atom. The first kappa shape index (κ1) is 14.9. The van der Waals surface area contributed by atoms with Gasteiger partial charge < -0.3 is 15.0 Å². The van der Waals surface area contributed by atoms with Crippen LogP contribution in [0.1, 0.15) is 20.8 Å². The number of carbonyl (C=O) groups excluding carboxylic acids is 2.